The molecule has 33 heavy (non-hydrogen) atoms. The van der Waals surface area contributed by atoms with E-state index in [4.69, 9.17) is 16.0 Å². The number of nitrogens with zero attached hydrogens (tertiary/aromatic N) is 2. The lowest BCUT2D eigenvalue weighted by Gasteiger charge is -2.09. The van der Waals surface area contributed by atoms with Crippen LogP contribution in [0, 0.1) is 10.1 Å². The second-order valence-corrected chi connectivity index (χ2v) is 8.09. The van der Waals surface area contributed by atoms with E-state index >= 15 is 0 Å². The number of nitro groups is 1. The van der Waals surface area contributed by atoms with E-state index in [1.54, 1.807) is 12.1 Å². The molecule has 1 N–H and O–H groups in total. The zero-order chi connectivity index (χ0) is 23.8. The number of aliphatic imine (C=N–C) groups is 1. The summed E-state index contributed by atoms with van der Waals surface area (Å²) in [4.78, 5) is 26.8. The SMILES string of the molecule is O=C1NC(=Nc2ccc(Cl)c(C(F)(F)F)c2)SC1=Cc1ccc(-c2ccc([N+](=O)[O-])cc2)o1. The van der Waals surface area contributed by atoms with Gasteiger partial charge in [0.15, 0.2) is 5.17 Å². The minimum absolute atomic E-state index is 0.0192. The van der Waals surface area contributed by atoms with Gasteiger partial charge >= 0.3 is 6.18 Å². The van der Waals surface area contributed by atoms with E-state index in [0.29, 0.717) is 17.1 Å². The van der Waals surface area contributed by atoms with Crippen molar-refractivity contribution >= 4 is 51.9 Å². The number of halogens is 4. The van der Waals surface area contributed by atoms with Gasteiger partial charge in [-0.2, -0.15) is 13.2 Å². The van der Waals surface area contributed by atoms with E-state index in [0.717, 1.165) is 23.9 Å². The maximum Gasteiger partial charge on any atom is 0.417 e. The van der Waals surface area contributed by atoms with Crippen LogP contribution in [-0.2, 0) is 11.0 Å². The van der Waals surface area contributed by atoms with Gasteiger partial charge in [0.05, 0.1) is 26.1 Å². The molecule has 0 atom stereocenters. The summed E-state index contributed by atoms with van der Waals surface area (Å²) in [5.41, 5.74) is -0.486. The summed E-state index contributed by atoms with van der Waals surface area (Å²) < 4.78 is 44.8. The molecule has 1 amide bonds. The summed E-state index contributed by atoms with van der Waals surface area (Å²) in [6.45, 7) is 0. The molecule has 2 heterocycles. The average Bonchev–Trinajstić information content (AvgIpc) is 3.35. The van der Waals surface area contributed by atoms with Crippen LogP contribution in [0.1, 0.15) is 11.3 Å². The first-order valence-electron chi connectivity index (χ1n) is 9.11. The fourth-order valence-corrected chi connectivity index (χ4v) is 3.91. The van der Waals surface area contributed by atoms with E-state index in [-0.39, 0.29) is 21.4 Å². The Balaban J connectivity index is 1.53. The van der Waals surface area contributed by atoms with Gasteiger partial charge < -0.3 is 9.73 Å². The van der Waals surface area contributed by atoms with Gasteiger partial charge in [0.25, 0.3) is 11.6 Å². The summed E-state index contributed by atoms with van der Waals surface area (Å²) in [7, 11) is 0. The molecule has 0 bridgehead atoms. The second-order valence-electron chi connectivity index (χ2n) is 6.65. The Morgan fingerprint density at radius 1 is 1.12 bits per heavy atom. The molecule has 2 aromatic carbocycles. The Kier molecular flexibility index (Phi) is 6.00. The lowest BCUT2D eigenvalue weighted by Crippen LogP contribution is -2.19. The van der Waals surface area contributed by atoms with Crippen LogP contribution in [0.4, 0.5) is 24.5 Å². The molecular weight excluding hydrogens is 483 g/mol. The molecule has 3 aromatic rings. The Hall–Kier alpha value is -3.57. The van der Waals surface area contributed by atoms with Crippen molar-refractivity contribution in [2.24, 2.45) is 4.99 Å². The molecule has 12 heteroatoms. The standard InChI is InChI=1S/C21H11ClF3N3O4S/c22-16-7-3-12(9-15(16)21(23,24)25)26-20-27-19(29)18(33-20)10-14-6-8-17(32-14)11-1-4-13(5-2-11)28(30)31/h1-10H,(H,26,27,29). The minimum Gasteiger partial charge on any atom is -0.457 e. The number of hydrogen-bond donors (Lipinski definition) is 1. The largest absolute Gasteiger partial charge is 0.457 e. The molecular formula is C21H11ClF3N3O4S. The zero-order valence-corrected chi connectivity index (χ0v) is 17.8. The summed E-state index contributed by atoms with van der Waals surface area (Å²) in [6.07, 6.45) is -3.18. The van der Waals surface area contributed by atoms with Crippen molar-refractivity contribution in [1.82, 2.24) is 5.32 Å². The molecule has 1 fully saturated rings. The third-order valence-electron chi connectivity index (χ3n) is 4.40. The monoisotopic (exact) mass is 493 g/mol. The number of alkyl halides is 3. The van der Waals surface area contributed by atoms with Crippen molar-refractivity contribution in [1.29, 1.82) is 0 Å². The fraction of sp³-hybridized carbons (Fsp3) is 0.0476. The third kappa shape index (κ3) is 5.10. The van der Waals surface area contributed by atoms with Gasteiger partial charge in [-0.05, 0) is 54.2 Å². The number of nitrogens with one attached hydrogen (secondary N) is 1. The van der Waals surface area contributed by atoms with Gasteiger partial charge in [-0.1, -0.05) is 11.6 Å². The quantitative estimate of drug-likeness (QED) is 0.257. The third-order valence-corrected chi connectivity index (χ3v) is 5.64. The molecule has 168 valence electrons. The summed E-state index contributed by atoms with van der Waals surface area (Å²) in [5.74, 6) is 0.292. The molecule has 0 radical (unpaired) electrons. The average molecular weight is 494 g/mol. The minimum atomic E-state index is -4.63. The lowest BCUT2D eigenvalue weighted by molar-refractivity contribution is -0.384. The van der Waals surface area contributed by atoms with Gasteiger partial charge in [-0.15, -0.1) is 0 Å². The lowest BCUT2D eigenvalue weighted by atomic mass is 10.1. The first-order chi connectivity index (χ1) is 15.6. The topological polar surface area (TPSA) is 97.7 Å². The highest BCUT2D eigenvalue weighted by atomic mass is 35.5. The van der Waals surface area contributed by atoms with Crippen molar-refractivity contribution in [3.8, 4) is 11.3 Å². The van der Waals surface area contributed by atoms with Crippen LogP contribution in [0.2, 0.25) is 5.02 Å². The number of carbonyl (C=O) groups excluding carboxylic acids is 1. The summed E-state index contributed by atoms with van der Waals surface area (Å²) in [6, 6.07) is 12.2. The predicted molar refractivity (Wildman–Crippen MR) is 118 cm³/mol. The van der Waals surface area contributed by atoms with Crippen molar-refractivity contribution in [3.63, 3.8) is 0 Å². The predicted octanol–water partition coefficient (Wildman–Crippen LogP) is 6.42. The normalized spacial score (nSPS) is 16.4. The van der Waals surface area contributed by atoms with Crippen LogP contribution in [0.3, 0.4) is 0 Å². The highest BCUT2D eigenvalue weighted by molar-refractivity contribution is 8.18. The molecule has 4 rings (SSSR count). The summed E-state index contributed by atoms with van der Waals surface area (Å²) in [5, 5.41) is 12.9. The van der Waals surface area contributed by atoms with Crippen molar-refractivity contribution < 1.29 is 27.3 Å². The van der Waals surface area contributed by atoms with Gasteiger partial charge in [0.2, 0.25) is 0 Å². The number of carbonyl (C=O) groups is 1. The highest BCUT2D eigenvalue weighted by Crippen LogP contribution is 2.37. The molecule has 0 aliphatic carbocycles. The van der Waals surface area contributed by atoms with Gasteiger partial charge in [0.1, 0.15) is 11.5 Å². The Bertz CT molecular complexity index is 1320. The number of non-ortho nitro benzene ring substituents is 1. The Morgan fingerprint density at radius 3 is 2.52 bits per heavy atom. The van der Waals surface area contributed by atoms with Crippen LogP contribution >= 0.6 is 23.4 Å². The number of hydrogen-bond acceptors (Lipinski definition) is 6. The molecule has 0 unspecified atom stereocenters. The number of benzene rings is 2. The van der Waals surface area contributed by atoms with Crippen LogP contribution in [0.15, 0.2) is 68.9 Å². The molecule has 0 saturated carbocycles. The molecule has 1 saturated heterocycles. The van der Waals surface area contributed by atoms with Crippen LogP contribution in [-0.4, -0.2) is 16.0 Å². The number of rotatable bonds is 4. The maximum atomic E-state index is 13.0. The highest BCUT2D eigenvalue weighted by Gasteiger charge is 2.33. The first-order valence-corrected chi connectivity index (χ1v) is 10.3. The van der Waals surface area contributed by atoms with Gasteiger partial charge in [-0.3, -0.25) is 14.9 Å². The molecule has 1 aliphatic rings. The van der Waals surface area contributed by atoms with Crippen LogP contribution < -0.4 is 5.32 Å². The summed E-state index contributed by atoms with van der Waals surface area (Å²) >= 11 is 6.55. The Morgan fingerprint density at radius 2 is 1.85 bits per heavy atom. The number of nitro benzene ring substituents is 1. The fourth-order valence-electron chi connectivity index (χ4n) is 2.86. The number of amidine groups is 1. The Labute approximate surface area is 193 Å². The molecule has 0 spiro atoms. The molecule has 7 nitrogen and oxygen atoms in total. The van der Waals surface area contributed by atoms with E-state index in [1.807, 2.05) is 0 Å². The van der Waals surface area contributed by atoms with E-state index in [9.17, 15) is 28.1 Å². The smallest absolute Gasteiger partial charge is 0.417 e. The van der Waals surface area contributed by atoms with Crippen molar-refractivity contribution in [2.45, 2.75) is 6.18 Å². The second kappa shape index (κ2) is 8.75. The zero-order valence-electron chi connectivity index (χ0n) is 16.2. The van der Waals surface area contributed by atoms with E-state index in [2.05, 4.69) is 10.3 Å². The van der Waals surface area contributed by atoms with Gasteiger partial charge in [0, 0.05) is 23.8 Å². The van der Waals surface area contributed by atoms with Gasteiger partial charge in [-0.25, -0.2) is 4.99 Å². The first kappa shape index (κ1) is 22.6. The molecule has 1 aliphatic heterocycles. The van der Waals surface area contributed by atoms with E-state index < -0.39 is 27.6 Å². The molecule has 1 aromatic heterocycles. The van der Waals surface area contributed by atoms with Crippen molar-refractivity contribution in [2.75, 3.05) is 0 Å². The van der Waals surface area contributed by atoms with Crippen molar-refractivity contribution in [3.05, 3.63) is 86.0 Å². The number of thioether (sulfide) groups is 1. The van der Waals surface area contributed by atoms with E-state index in [1.165, 1.54) is 36.4 Å². The maximum absolute atomic E-state index is 13.0. The number of amides is 1. The number of furan rings is 1. The van der Waals surface area contributed by atoms with Crippen LogP contribution in [0.25, 0.3) is 17.4 Å². The van der Waals surface area contributed by atoms with Crippen LogP contribution in [0.5, 0.6) is 0 Å².